The second-order valence-corrected chi connectivity index (χ2v) is 4.97. The highest BCUT2D eigenvalue weighted by Gasteiger charge is 2.19. The molecule has 1 aromatic heterocycles. The van der Waals surface area contributed by atoms with Gasteiger partial charge in [0.05, 0.1) is 7.11 Å². The first-order chi connectivity index (χ1) is 9.08. The number of nitrogens with one attached hydrogen (secondary N) is 1. The molecule has 1 rings (SSSR count). The van der Waals surface area contributed by atoms with Crippen molar-refractivity contribution in [1.82, 2.24) is 14.9 Å². The molecular formula is C14H25N3O2. The predicted octanol–water partition coefficient (Wildman–Crippen LogP) is 1.77. The van der Waals surface area contributed by atoms with E-state index < -0.39 is 0 Å². The Labute approximate surface area is 115 Å². The summed E-state index contributed by atoms with van der Waals surface area (Å²) in [5.74, 6) is 0.876. The molecule has 0 aromatic carbocycles. The van der Waals surface area contributed by atoms with Crippen LogP contribution >= 0.6 is 0 Å². The zero-order valence-corrected chi connectivity index (χ0v) is 12.3. The summed E-state index contributed by atoms with van der Waals surface area (Å²) in [4.78, 5) is 16.0. The Morgan fingerprint density at radius 1 is 1.53 bits per heavy atom. The van der Waals surface area contributed by atoms with Crippen molar-refractivity contribution in [2.75, 3.05) is 7.11 Å². The van der Waals surface area contributed by atoms with Gasteiger partial charge in [0.25, 0.3) is 0 Å². The van der Waals surface area contributed by atoms with Crippen LogP contribution in [-0.4, -0.2) is 34.7 Å². The van der Waals surface area contributed by atoms with Crippen molar-refractivity contribution in [2.45, 2.75) is 58.7 Å². The lowest BCUT2D eigenvalue weighted by molar-refractivity contribution is -0.143. The predicted molar refractivity (Wildman–Crippen MR) is 74.9 cm³/mol. The summed E-state index contributed by atoms with van der Waals surface area (Å²) < 4.78 is 6.95. The van der Waals surface area contributed by atoms with Crippen LogP contribution in [0.25, 0.3) is 0 Å². The van der Waals surface area contributed by atoms with Crippen LogP contribution in [-0.2, 0) is 22.5 Å². The van der Waals surface area contributed by atoms with Gasteiger partial charge in [-0.1, -0.05) is 20.8 Å². The van der Waals surface area contributed by atoms with E-state index in [4.69, 9.17) is 4.74 Å². The Morgan fingerprint density at radius 3 is 2.84 bits per heavy atom. The fraction of sp³-hybridized carbons (Fsp3) is 0.714. The summed E-state index contributed by atoms with van der Waals surface area (Å²) in [6.07, 6.45) is 6.52. The molecule has 0 radical (unpaired) electrons. The van der Waals surface area contributed by atoms with Gasteiger partial charge in [-0.3, -0.25) is 4.79 Å². The number of carbonyl (C=O) groups excluding carboxylic acids is 1. The number of imidazole rings is 1. The monoisotopic (exact) mass is 267 g/mol. The van der Waals surface area contributed by atoms with E-state index in [1.807, 2.05) is 26.2 Å². The molecule has 0 saturated carbocycles. The molecule has 0 saturated heterocycles. The first-order valence-corrected chi connectivity index (χ1v) is 6.92. The highest BCUT2D eigenvalue weighted by Crippen LogP contribution is 2.06. The zero-order chi connectivity index (χ0) is 14.3. The summed E-state index contributed by atoms with van der Waals surface area (Å²) in [5, 5.41) is 3.24. The van der Waals surface area contributed by atoms with Gasteiger partial charge in [0.15, 0.2) is 0 Å². The molecule has 0 amide bonds. The first kappa shape index (κ1) is 15.7. The Hall–Kier alpha value is -1.36. The maximum atomic E-state index is 11.7. The second kappa shape index (κ2) is 7.94. The van der Waals surface area contributed by atoms with Crippen molar-refractivity contribution >= 4 is 5.97 Å². The van der Waals surface area contributed by atoms with Crippen molar-refractivity contribution in [2.24, 2.45) is 0 Å². The minimum absolute atomic E-state index is 0.203. The van der Waals surface area contributed by atoms with Gasteiger partial charge in [0, 0.05) is 31.4 Å². The molecular weight excluding hydrogens is 242 g/mol. The molecule has 0 spiro atoms. The summed E-state index contributed by atoms with van der Waals surface area (Å²) in [6.45, 7) is 6.96. The number of esters is 1. The molecule has 0 aliphatic carbocycles. The first-order valence-electron chi connectivity index (χ1n) is 6.92. The number of aromatic nitrogens is 2. The quantitative estimate of drug-likeness (QED) is 0.729. The van der Waals surface area contributed by atoms with Gasteiger partial charge in [-0.2, -0.15) is 0 Å². The number of aryl methyl sites for hydroxylation is 2. The molecule has 1 N–H and O–H groups in total. The molecule has 1 atom stereocenters. The minimum atomic E-state index is -0.262. The summed E-state index contributed by atoms with van der Waals surface area (Å²) in [5.41, 5.74) is 0. The van der Waals surface area contributed by atoms with E-state index in [0.717, 1.165) is 25.2 Å². The zero-order valence-electron chi connectivity index (χ0n) is 12.3. The average Bonchev–Trinajstić information content (AvgIpc) is 2.81. The van der Waals surface area contributed by atoms with Crippen molar-refractivity contribution in [3.8, 4) is 0 Å². The molecule has 19 heavy (non-hydrogen) atoms. The molecule has 1 aromatic rings. The molecule has 5 nitrogen and oxygen atoms in total. The lowest BCUT2D eigenvalue weighted by Gasteiger charge is -2.19. The van der Waals surface area contributed by atoms with Crippen LogP contribution in [0, 0.1) is 0 Å². The number of carbonyl (C=O) groups is 1. The second-order valence-electron chi connectivity index (χ2n) is 4.97. The topological polar surface area (TPSA) is 56.2 Å². The van der Waals surface area contributed by atoms with Crippen LogP contribution in [0.3, 0.4) is 0 Å². The van der Waals surface area contributed by atoms with E-state index in [2.05, 4.69) is 21.8 Å². The normalized spacial score (nSPS) is 12.7. The van der Waals surface area contributed by atoms with Crippen LogP contribution in [0.5, 0.6) is 0 Å². The molecule has 0 fully saturated rings. The fourth-order valence-electron chi connectivity index (χ4n) is 2.08. The van der Waals surface area contributed by atoms with Gasteiger partial charge in [0.1, 0.15) is 11.9 Å². The summed E-state index contributed by atoms with van der Waals surface area (Å²) in [7, 11) is 1.43. The third-order valence-corrected chi connectivity index (χ3v) is 2.95. The van der Waals surface area contributed by atoms with Gasteiger partial charge in [-0.15, -0.1) is 0 Å². The van der Waals surface area contributed by atoms with E-state index in [0.29, 0.717) is 6.42 Å². The Balaban J connectivity index is 2.59. The highest BCUT2D eigenvalue weighted by molar-refractivity contribution is 5.75. The smallest absolute Gasteiger partial charge is 0.322 e. The Morgan fingerprint density at radius 2 is 2.26 bits per heavy atom. The van der Waals surface area contributed by atoms with Crippen LogP contribution in [0.2, 0.25) is 0 Å². The van der Waals surface area contributed by atoms with E-state index >= 15 is 0 Å². The van der Waals surface area contributed by atoms with Gasteiger partial charge < -0.3 is 14.6 Å². The maximum absolute atomic E-state index is 11.7. The number of hydrogen-bond donors (Lipinski definition) is 1. The van der Waals surface area contributed by atoms with E-state index in [1.54, 1.807) is 0 Å². The molecule has 0 aliphatic heterocycles. The molecule has 0 bridgehead atoms. The Kier molecular flexibility index (Phi) is 6.56. The van der Waals surface area contributed by atoms with Crippen molar-refractivity contribution in [3.05, 3.63) is 18.2 Å². The van der Waals surface area contributed by atoms with Gasteiger partial charge in [-0.25, -0.2) is 4.98 Å². The number of rotatable bonds is 8. The maximum Gasteiger partial charge on any atom is 0.322 e. The lowest BCUT2D eigenvalue weighted by Crippen LogP contribution is -2.42. The SMILES string of the molecule is CCCc1nccn1CCC(NC(C)C)C(=O)OC. The van der Waals surface area contributed by atoms with E-state index in [1.165, 1.54) is 7.11 Å². The van der Waals surface area contributed by atoms with Crippen LogP contribution in [0.1, 0.15) is 39.4 Å². The Bertz CT molecular complexity index is 388. The van der Waals surface area contributed by atoms with Crippen molar-refractivity contribution in [1.29, 1.82) is 0 Å². The molecule has 5 heteroatoms. The van der Waals surface area contributed by atoms with Crippen molar-refractivity contribution in [3.63, 3.8) is 0 Å². The average molecular weight is 267 g/mol. The number of methoxy groups -OCH3 is 1. The summed E-state index contributed by atoms with van der Waals surface area (Å²) >= 11 is 0. The summed E-state index contributed by atoms with van der Waals surface area (Å²) in [6, 6.07) is -0.0103. The van der Waals surface area contributed by atoms with E-state index in [9.17, 15) is 4.79 Å². The largest absolute Gasteiger partial charge is 0.468 e. The van der Waals surface area contributed by atoms with Gasteiger partial charge in [-0.05, 0) is 12.8 Å². The van der Waals surface area contributed by atoms with Crippen LogP contribution in [0.15, 0.2) is 12.4 Å². The highest BCUT2D eigenvalue weighted by atomic mass is 16.5. The third kappa shape index (κ3) is 5.03. The molecule has 108 valence electrons. The lowest BCUT2D eigenvalue weighted by atomic mass is 10.2. The minimum Gasteiger partial charge on any atom is -0.468 e. The fourth-order valence-corrected chi connectivity index (χ4v) is 2.08. The van der Waals surface area contributed by atoms with Crippen molar-refractivity contribution < 1.29 is 9.53 Å². The number of hydrogen-bond acceptors (Lipinski definition) is 4. The number of ether oxygens (including phenoxy) is 1. The van der Waals surface area contributed by atoms with E-state index in [-0.39, 0.29) is 18.1 Å². The standard InChI is InChI=1S/C14H25N3O2/c1-5-6-13-15-8-10-17(13)9-7-12(14(18)19-4)16-11(2)3/h8,10-12,16H,5-7,9H2,1-4H3. The molecule has 0 aliphatic rings. The van der Waals surface area contributed by atoms with Gasteiger partial charge in [0.2, 0.25) is 0 Å². The number of nitrogens with zero attached hydrogens (tertiary/aromatic N) is 2. The van der Waals surface area contributed by atoms with Gasteiger partial charge >= 0.3 is 5.97 Å². The molecule has 1 heterocycles. The van der Waals surface area contributed by atoms with Crippen LogP contribution < -0.4 is 5.32 Å². The third-order valence-electron chi connectivity index (χ3n) is 2.95. The van der Waals surface area contributed by atoms with Crippen LogP contribution in [0.4, 0.5) is 0 Å². The molecule has 1 unspecified atom stereocenters.